The Hall–Kier alpha value is -1.33. The molecule has 114 valence electrons. The number of rotatable bonds is 4. The standard InChI is InChI=1S/C10H10F5N3O.HI/c11-8(12)5-17-9(16)18-6-2-1-3-7(4-6)19-10(13,14)15;/h1-4,8H,5H2,(H3,16,17,18);1H. The number of anilines is 1. The lowest BCUT2D eigenvalue weighted by Crippen LogP contribution is -2.23. The van der Waals surface area contributed by atoms with Gasteiger partial charge in [-0.15, -0.1) is 37.1 Å². The van der Waals surface area contributed by atoms with Crippen molar-refractivity contribution in [2.75, 3.05) is 11.9 Å². The van der Waals surface area contributed by atoms with Crippen molar-refractivity contribution in [3.05, 3.63) is 24.3 Å². The Bertz CT molecular complexity index is 453. The lowest BCUT2D eigenvalue weighted by atomic mass is 10.3. The van der Waals surface area contributed by atoms with Gasteiger partial charge in [-0.05, 0) is 12.1 Å². The number of guanidine groups is 1. The van der Waals surface area contributed by atoms with Gasteiger partial charge in [-0.25, -0.2) is 13.8 Å². The van der Waals surface area contributed by atoms with Gasteiger partial charge in [0, 0.05) is 11.8 Å². The number of ether oxygens (including phenoxy) is 1. The van der Waals surface area contributed by atoms with Gasteiger partial charge in [0.1, 0.15) is 12.3 Å². The molecule has 4 nitrogen and oxygen atoms in total. The van der Waals surface area contributed by atoms with Crippen LogP contribution in [0.4, 0.5) is 27.6 Å². The van der Waals surface area contributed by atoms with Crippen molar-refractivity contribution in [3.63, 3.8) is 0 Å². The maximum Gasteiger partial charge on any atom is 0.573 e. The number of halogens is 6. The van der Waals surface area contributed by atoms with Crippen LogP contribution in [0.5, 0.6) is 5.75 Å². The van der Waals surface area contributed by atoms with Gasteiger partial charge in [0.25, 0.3) is 6.43 Å². The van der Waals surface area contributed by atoms with Crippen LogP contribution < -0.4 is 15.8 Å². The first kappa shape index (κ1) is 18.7. The first-order valence-electron chi connectivity index (χ1n) is 4.97. The van der Waals surface area contributed by atoms with Gasteiger partial charge in [-0.1, -0.05) is 6.07 Å². The lowest BCUT2D eigenvalue weighted by molar-refractivity contribution is -0.274. The van der Waals surface area contributed by atoms with Gasteiger partial charge in [0.05, 0.1) is 0 Å². The fourth-order valence-electron chi connectivity index (χ4n) is 1.13. The van der Waals surface area contributed by atoms with Crippen LogP contribution in [0.2, 0.25) is 0 Å². The molecule has 0 radical (unpaired) electrons. The highest BCUT2D eigenvalue weighted by Gasteiger charge is 2.31. The van der Waals surface area contributed by atoms with E-state index < -0.39 is 25.1 Å². The molecule has 0 fully saturated rings. The van der Waals surface area contributed by atoms with Crippen LogP contribution in [0.15, 0.2) is 29.3 Å². The molecule has 0 spiro atoms. The van der Waals surface area contributed by atoms with E-state index in [2.05, 4.69) is 15.0 Å². The summed E-state index contributed by atoms with van der Waals surface area (Å²) in [5.74, 6) is -0.788. The number of nitrogens with zero attached hydrogens (tertiary/aromatic N) is 1. The quantitative estimate of drug-likeness (QED) is 0.347. The molecule has 1 rings (SSSR count). The molecular weight excluding hydrogens is 400 g/mol. The highest BCUT2D eigenvalue weighted by molar-refractivity contribution is 14.0. The molecule has 0 atom stereocenters. The second kappa shape index (κ2) is 8.07. The molecule has 0 unspecified atom stereocenters. The average Bonchev–Trinajstić information content (AvgIpc) is 2.24. The summed E-state index contributed by atoms with van der Waals surface area (Å²) in [6.45, 7) is -0.794. The first-order chi connectivity index (χ1) is 8.76. The highest BCUT2D eigenvalue weighted by Crippen LogP contribution is 2.24. The average molecular weight is 411 g/mol. The largest absolute Gasteiger partial charge is 0.573 e. The van der Waals surface area contributed by atoms with Gasteiger partial charge >= 0.3 is 6.36 Å². The Kier molecular flexibility index (Phi) is 7.53. The molecule has 0 saturated heterocycles. The van der Waals surface area contributed by atoms with Crippen LogP contribution in [-0.2, 0) is 0 Å². The number of alkyl halides is 5. The maximum atomic E-state index is 12.0. The number of aliphatic imine (C=N–C) groups is 1. The second-order valence-electron chi connectivity index (χ2n) is 3.32. The maximum absolute atomic E-state index is 12.0. The molecule has 3 N–H and O–H groups in total. The number of nitrogens with one attached hydrogen (secondary N) is 1. The molecule has 0 saturated carbocycles. The van der Waals surface area contributed by atoms with E-state index in [0.717, 1.165) is 12.1 Å². The van der Waals surface area contributed by atoms with Gasteiger partial charge in [0.2, 0.25) is 0 Å². The third-order valence-corrected chi connectivity index (χ3v) is 1.74. The molecule has 0 aliphatic heterocycles. The van der Waals surface area contributed by atoms with Crippen molar-refractivity contribution in [2.45, 2.75) is 12.8 Å². The monoisotopic (exact) mass is 411 g/mol. The van der Waals surface area contributed by atoms with Crippen LogP contribution >= 0.6 is 24.0 Å². The van der Waals surface area contributed by atoms with E-state index in [1.807, 2.05) is 0 Å². The molecular formula is C10H11F5IN3O. The predicted octanol–water partition coefficient (Wildman–Crippen LogP) is 3.19. The molecule has 10 heteroatoms. The summed E-state index contributed by atoms with van der Waals surface area (Å²) in [5, 5.41) is 2.37. The first-order valence-corrected chi connectivity index (χ1v) is 4.97. The molecule has 1 aromatic carbocycles. The van der Waals surface area contributed by atoms with Crippen LogP contribution in [0.1, 0.15) is 0 Å². The number of hydrogen-bond acceptors (Lipinski definition) is 2. The normalized spacial score (nSPS) is 12.0. The van der Waals surface area contributed by atoms with Crippen LogP contribution in [0, 0.1) is 0 Å². The van der Waals surface area contributed by atoms with E-state index in [9.17, 15) is 22.0 Å². The highest BCUT2D eigenvalue weighted by atomic mass is 127. The Morgan fingerprint density at radius 1 is 1.35 bits per heavy atom. The minimum absolute atomic E-state index is 0. The van der Waals surface area contributed by atoms with Crippen molar-refractivity contribution >= 4 is 35.6 Å². The van der Waals surface area contributed by atoms with E-state index in [1.54, 1.807) is 0 Å². The Morgan fingerprint density at radius 3 is 2.55 bits per heavy atom. The van der Waals surface area contributed by atoms with Crippen LogP contribution in [-0.4, -0.2) is 25.3 Å². The zero-order valence-corrected chi connectivity index (χ0v) is 12.2. The van der Waals surface area contributed by atoms with Crippen molar-refractivity contribution < 1.29 is 26.7 Å². The topological polar surface area (TPSA) is 59.6 Å². The predicted molar refractivity (Wildman–Crippen MR) is 74.7 cm³/mol. The zero-order valence-electron chi connectivity index (χ0n) is 9.82. The second-order valence-corrected chi connectivity index (χ2v) is 3.32. The van der Waals surface area contributed by atoms with Crippen molar-refractivity contribution in [1.82, 2.24) is 0 Å². The van der Waals surface area contributed by atoms with Crippen molar-refractivity contribution in [3.8, 4) is 5.75 Å². The smallest absolute Gasteiger partial charge is 0.406 e. The summed E-state index contributed by atoms with van der Waals surface area (Å²) in [6.07, 6.45) is -7.46. The summed E-state index contributed by atoms with van der Waals surface area (Å²) in [6, 6.07) is 4.77. The van der Waals surface area contributed by atoms with Crippen LogP contribution in [0.3, 0.4) is 0 Å². The van der Waals surface area contributed by atoms with E-state index in [0.29, 0.717) is 0 Å². The number of hydrogen-bond donors (Lipinski definition) is 2. The molecule has 0 amide bonds. The summed E-state index contributed by atoms with van der Waals surface area (Å²) >= 11 is 0. The summed E-state index contributed by atoms with van der Waals surface area (Å²) in [5.41, 5.74) is 5.41. The minimum Gasteiger partial charge on any atom is -0.406 e. The molecule has 0 aromatic heterocycles. The van der Waals surface area contributed by atoms with E-state index in [4.69, 9.17) is 5.73 Å². The summed E-state index contributed by atoms with van der Waals surface area (Å²) in [7, 11) is 0. The fraction of sp³-hybridized carbons (Fsp3) is 0.300. The number of benzene rings is 1. The van der Waals surface area contributed by atoms with E-state index in [1.165, 1.54) is 12.1 Å². The van der Waals surface area contributed by atoms with E-state index in [-0.39, 0.29) is 35.6 Å². The molecule has 0 aliphatic rings. The third kappa shape index (κ3) is 7.96. The summed E-state index contributed by atoms with van der Waals surface area (Å²) < 4.78 is 63.3. The number of nitrogens with two attached hydrogens (primary N) is 1. The van der Waals surface area contributed by atoms with Gasteiger partial charge in [0.15, 0.2) is 5.96 Å². The Morgan fingerprint density at radius 2 is 2.00 bits per heavy atom. The van der Waals surface area contributed by atoms with Crippen molar-refractivity contribution in [1.29, 1.82) is 0 Å². The van der Waals surface area contributed by atoms with Gasteiger partial charge in [-0.2, -0.15) is 0 Å². The van der Waals surface area contributed by atoms with Gasteiger partial charge in [-0.3, -0.25) is 0 Å². The third-order valence-electron chi connectivity index (χ3n) is 1.74. The Labute approximate surface area is 128 Å². The minimum atomic E-state index is -4.81. The van der Waals surface area contributed by atoms with Crippen molar-refractivity contribution in [2.24, 2.45) is 10.7 Å². The Balaban J connectivity index is 0.00000361. The zero-order chi connectivity index (χ0) is 14.5. The lowest BCUT2D eigenvalue weighted by Gasteiger charge is -2.10. The molecule has 0 heterocycles. The van der Waals surface area contributed by atoms with Gasteiger partial charge < -0.3 is 15.8 Å². The molecule has 0 bridgehead atoms. The molecule has 20 heavy (non-hydrogen) atoms. The molecule has 1 aromatic rings. The van der Waals surface area contributed by atoms with E-state index >= 15 is 0 Å². The fourth-order valence-corrected chi connectivity index (χ4v) is 1.13. The van der Waals surface area contributed by atoms with Crippen LogP contribution in [0.25, 0.3) is 0 Å². The summed E-state index contributed by atoms with van der Waals surface area (Å²) in [4.78, 5) is 3.29. The molecule has 0 aliphatic carbocycles. The SMILES string of the molecule is I.NC(=NCC(F)F)Nc1cccc(OC(F)(F)F)c1.